The van der Waals surface area contributed by atoms with Crippen molar-refractivity contribution < 1.29 is 4.79 Å². The molecule has 4 heteroatoms. The molecule has 86 valence electrons. The summed E-state index contributed by atoms with van der Waals surface area (Å²) < 4.78 is 0. The molecule has 2 N–H and O–H groups in total. The van der Waals surface area contributed by atoms with Crippen LogP contribution in [0.5, 0.6) is 0 Å². The van der Waals surface area contributed by atoms with E-state index in [1.165, 1.54) is 0 Å². The lowest BCUT2D eigenvalue weighted by atomic mass is 10.0. The van der Waals surface area contributed by atoms with E-state index in [0.717, 1.165) is 30.9 Å². The first kappa shape index (κ1) is 11.1. The predicted molar refractivity (Wildman–Crippen MR) is 63.2 cm³/mol. The van der Waals surface area contributed by atoms with E-state index in [-0.39, 0.29) is 5.91 Å². The standard InChI is InChI=1S/C12H17N3O/c1-9-2-3-11(8-14-9)15-12(16)6-10-4-5-13-7-10/h2-3,8,10,13H,4-7H2,1H3,(H,15,16). The molecule has 1 aliphatic heterocycles. The largest absolute Gasteiger partial charge is 0.325 e. The van der Waals surface area contributed by atoms with Gasteiger partial charge in [0, 0.05) is 12.1 Å². The maximum Gasteiger partial charge on any atom is 0.224 e. The van der Waals surface area contributed by atoms with Crippen LogP contribution >= 0.6 is 0 Å². The van der Waals surface area contributed by atoms with Crippen LogP contribution < -0.4 is 10.6 Å². The van der Waals surface area contributed by atoms with Gasteiger partial charge < -0.3 is 10.6 Å². The lowest BCUT2D eigenvalue weighted by Gasteiger charge is -2.08. The second-order valence-corrected chi connectivity index (χ2v) is 4.30. The molecule has 2 rings (SSSR count). The first-order valence-electron chi connectivity index (χ1n) is 5.67. The summed E-state index contributed by atoms with van der Waals surface area (Å²) in [4.78, 5) is 15.8. The summed E-state index contributed by atoms with van der Waals surface area (Å²) in [6.45, 7) is 3.92. The maximum absolute atomic E-state index is 11.7. The van der Waals surface area contributed by atoms with E-state index in [0.29, 0.717) is 12.3 Å². The Hall–Kier alpha value is -1.42. The highest BCUT2D eigenvalue weighted by Gasteiger charge is 2.17. The molecule has 4 nitrogen and oxygen atoms in total. The van der Waals surface area contributed by atoms with Crippen molar-refractivity contribution >= 4 is 11.6 Å². The fraction of sp³-hybridized carbons (Fsp3) is 0.500. The zero-order chi connectivity index (χ0) is 11.4. The SMILES string of the molecule is Cc1ccc(NC(=O)CC2CCNC2)cn1. The van der Waals surface area contributed by atoms with Gasteiger partial charge in [0.2, 0.25) is 5.91 Å². The third-order valence-corrected chi connectivity index (χ3v) is 2.83. The number of hydrogen-bond acceptors (Lipinski definition) is 3. The highest BCUT2D eigenvalue weighted by molar-refractivity contribution is 5.90. The van der Waals surface area contributed by atoms with E-state index in [1.807, 2.05) is 19.1 Å². The summed E-state index contributed by atoms with van der Waals surface area (Å²) in [7, 11) is 0. The van der Waals surface area contributed by atoms with Crippen LogP contribution in [-0.4, -0.2) is 24.0 Å². The normalized spacial score (nSPS) is 19.7. The van der Waals surface area contributed by atoms with Crippen molar-refractivity contribution in [2.45, 2.75) is 19.8 Å². The minimum Gasteiger partial charge on any atom is -0.325 e. The minimum absolute atomic E-state index is 0.0827. The monoisotopic (exact) mass is 219 g/mol. The van der Waals surface area contributed by atoms with Crippen molar-refractivity contribution in [3.05, 3.63) is 24.0 Å². The van der Waals surface area contributed by atoms with Crippen molar-refractivity contribution in [3.8, 4) is 0 Å². The van der Waals surface area contributed by atoms with Gasteiger partial charge in [0.05, 0.1) is 11.9 Å². The van der Waals surface area contributed by atoms with E-state index in [1.54, 1.807) is 6.20 Å². The van der Waals surface area contributed by atoms with E-state index in [2.05, 4.69) is 15.6 Å². The molecule has 0 aromatic carbocycles. The van der Waals surface area contributed by atoms with Crippen molar-refractivity contribution in [2.75, 3.05) is 18.4 Å². The molecule has 0 saturated carbocycles. The number of anilines is 1. The fourth-order valence-electron chi connectivity index (χ4n) is 1.90. The minimum atomic E-state index is 0.0827. The van der Waals surface area contributed by atoms with Crippen molar-refractivity contribution in [1.29, 1.82) is 0 Å². The summed E-state index contributed by atoms with van der Waals surface area (Å²) in [6, 6.07) is 3.78. The summed E-state index contributed by atoms with van der Waals surface area (Å²) in [5.74, 6) is 0.567. The number of pyridine rings is 1. The van der Waals surface area contributed by atoms with Gasteiger partial charge in [0.1, 0.15) is 0 Å². The Kier molecular flexibility index (Phi) is 3.51. The molecule has 1 amide bonds. The number of nitrogens with zero attached hydrogens (tertiary/aromatic N) is 1. The number of carbonyl (C=O) groups is 1. The Balaban J connectivity index is 1.84. The smallest absolute Gasteiger partial charge is 0.224 e. The van der Waals surface area contributed by atoms with Crippen molar-refractivity contribution in [3.63, 3.8) is 0 Å². The molecule has 1 saturated heterocycles. The van der Waals surface area contributed by atoms with Crippen molar-refractivity contribution in [2.24, 2.45) is 5.92 Å². The fourth-order valence-corrected chi connectivity index (χ4v) is 1.90. The summed E-state index contributed by atoms with van der Waals surface area (Å²) in [5, 5.41) is 6.12. The molecule has 0 bridgehead atoms. The molecule has 1 aliphatic rings. The summed E-state index contributed by atoms with van der Waals surface area (Å²) >= 11 is 0. The molecule has 1 aromatic rings. The summed E-state index contributed by atoms with van der Waals surface area (Å²) in [5.41, 5.74) is 1.74. The Morgan fingerprint density at radius 1 is 1.62 bits per heavy atom. The van der Waals surface area contributed by atoms with Crippen LogP contribution in [-0.2, 0) is 4.79 Å². The quantitative estimate of drug-likeness (QED) is 0.806. The number of amides is 1. The second kappa shape index (κ2) is 5.07. The van der Waals surface area contributed by atoms with Gasteiger partial charge in [-0.1, -0.05) is 0 Å². The Morgan fingerprint density at radius 3 is 3.12 bits per heavy atom. The third-order valence-electron chi connectivity index (χ3n) is 2.83. The Labute approximate surface area is 95.5 Å². The molecular formula is C12H17N3O. The second-order valence-electron chi connectivity index (χ2n) is 4.30. The average molecular weight is 219 g/mol. The lowest BCUT2D eigenvalue weighted by Crippen LogP contribution is -2.18. The molecule has 0 aliphatic carbocycles. The first-order valence-corrected chi connectivity index (χ1v) is 5.67. The number of carbonyl (C=O) groups excluding carboxylic acids is 1. The van der Waals surface area contributed by atoms with Crippen LogP contribution in [0.1, 0.15) is 18.5 Å². The molecule has 16 heavy (non-hydrogen) atoms. The third kappa shape index (κ3) is 3.03. The average Bonchev–Trinajstić information content (AvgIpc) is 2.74. The molecule has 1 atom stereocenters. The Bertz CT molecular complexity index is 355. The van der Waals surface area contributed by atoms with Gasteiger partial charge >= 0.3 is 0 Å². The molecule has 0 radical (unpaired) electrons. The number of hydrogen-bond donors (Lipinski definition) is 2. The van der Waals surface area contributed by atoms with E-state index < -0.39 is 0 Å². The molecule has 1 aromatic heterocycles. The number of rotatable bonds is 3. The van der Waals surface area contributed by atoms with E-state index in [9.17, 15) is 4.79 Å². The van der Waals surface area contributed by atoms with E-state index in [4.69, 9.17) is 0 Å². The van der Waals surface area contributed by atoms with Gasteiger partial charge in [-0.25, -0.2) is 0 Å². The molecular weight excluding hydrogens is 202 g/mol. The van der Waals surface area contributed by atoms with Gasteiger partial charge in [-0.2, -0.15) is 0 Å². The summed E-state index contributed by atoms with van der Waals surface area (Å²) in [6.07, 6.45) is 3.39. The van der Waals surface area contributed by atoms with Crippen LogP contribution in [0.3, 0.4) is 0 Å². The number of aryl methyl sites for hydroxylation is 1. The zero-order valence-corrected chi connectivity index (χ0v) is 9.49. The lowest BCUT2D eigenvalue weighted by molar-refractivity contribution is -0.116. The van der Waals surface area contributed by atoms with Crippen LogP contribution in [0.4, 0.5) is 5.69 Å². The zero-order valence-electron chi connectivity index (χ0n) is 9.49. The molecule has 0 spiro atoms. The molecule has 2 heterocycles. The van der Waals surface area contributed by atoms with Gasteiger partial charge in [-0.3, -0.25) is 9.78 Å². The Morgan fingerprint density at radius 2 is 2.50 bits per heavy atom. The highest BCUT2D eigenvalue weighted by Crippen LogP contribution is 2.13. The van der Waals surface area contributed by atoms with Crippen LogP contribution in [0.25, 0.3) is 0 Å². The van der Waals surface area contributed by atoms with Crippen molar-refractivity contribution in [1.82, 2.24) is 10.3 Å². The maximum atomic E-state index is 11.7. The highest BCUT2D eigenvalue weighted by atomic mass is 16.1. The van der Waals surface area contributed by atoms with Gasteiger partial charge in [0.25, 0.3) is 0 Å². The van der Waals surface area contributed by atoms with E-state index >= 15 is 0 Å². The number of nitrogens with one attached hydrogen (secondary N) is 2. The predicted octanol–water partition coefficient (Wildman–Crippen LogP) is 1.33. The number of aromatic nitrogens is 1. The van der Waals surface area contributed by atoms with Gasteiger partial charge in [0.15, 0.2) is 0 Å². The van der Waals surface area contributed by atoms with Crippen LogP contribution in [0.2, 0.25) is 0 Å². The van der Waals surface area contributed by atoms with Gasteiger partial charge in [-0.15, -0.1) is 0 Å². The molecule has 1 unspecified atom stereocenters. The first-order chi connectivity index (χ1) is 7.74. The van der Waals surface area contributed by atoms with Crippen LogP contribution in [0.15, 0.2) is 18.3 Å². The topological polar surface area (TPSA) is 54.0 Å². The van der Waals surface area contributed by atoms with Crippen LogP contribution in [0, 0.1) is 12.8 Å². The van der Waals surface area contributed by atoms with Gasteiger partial charge in [-0.05, 0) is 44.5 Å². The molecule has 1 fully saturated rings.